The topological polar surface area (TPSA) is 30.5 Å². The van der Waals surface area contributed by atoms with E-state index < -0.39 is 0 Å². The third-order valence-corrected chi connectivity index (χ3v) is 4.22. The van der Waals surface area contributed by atoms with Crippen molar-refractivity contribution in [2.75, 3.05) is 26.3 Å². The molecule has 2 aliphatic rings. The average molecular weight is 261 g/mol. The second-order valence-corrected chi connectivity index (χ2v) is 5.67. The highest BCUT2D eigenvalue weighted by molar-refractivity contribution is 5.47. The molecule has 1 saturated heterocycles. The highest BCUT2D eigenvalue weighted by atomic mass is 16.6. The Labute approximate surface area is 115 Å². The van der Waals surface area contributed by atoms with E-state index in [1.165, 1.54) is 43.5 Å². The monoisotopic (exact) mass is 261 g/mol. The average Bonchev–Trinajstić information content (AvgIpc) is 2.46. The summed E-state index contributed by atoms with van der Waals surface area (Å²) in [5, 5.41) is 3.49. The van der Waals surface area contributed by atoms with Gasteiger partial charge in [0, 0.05) is 0 Å². The van der Waals surface area contributed by atoms with Crippen LogP contribution in [0.2, 0.25) is 0 Å². The van der Waals surface area contributed by atoms with Crippen molar-refractivity contribution in [2.45, 2.75) is 32.6 Å². The first kappa shape index (κ1) is 12.8. The second kappa shape index (κ2) is 5.83. The Kier molecular flexibility index (Phi) is 3.92. The molecular formula is C16H23NO2. The molecule has 0 spiro atoms. The summed E-state index contributed by atoms with van der Waals surface area (Å²) in [6.07, 6.45) is 5.11. The van der Waals surface area contributed by atoms with E-state index in [1.807, 2.05) is 0 Å². The van der Waals surface area contributed by atoms with E-state index in [0.717, 1.165) is 23.8 Å². The Morgan fingerprint density at radius 3 is 2.74 bits per heavy atom. The molecule has 1 N–H and O–H groups in total. The molecule has 3 heteroatoms. The fourth-order valence-electron chi connectivity index (χ4n) is 3.03. The van der Waals surface area contributed by atoms with Gasteiger partial charge in [-0.2, -0.15) is 0 Å². The molecule has 2 heterocycles. The van der Waals surface area contributed by atoms with Crippen molar-refractivity contribution in [2.24, 2.45) is 5.92 Å². The lowest BCUT2D eigenvalue weighted by atomic mass is 9.91. The molecule has 1 fully saturated rings. The van der Waals surface area contributed by atoms with Gasteiger partial charge in [-0.05, 0) is 74.9 Å². The Bertz CT molecular complexity index is 439. The predicted molar refractivity (Wildman–Crippen MR) is 76.1 cm³/mol. The molecule has 1 atom stereocenters. The highest BCUT2D eigenvalue weighted by Gasteiger charge is 2.16. The Balaban J connectivity index is 1.66. The molecule has 19 heavy (non-hydrogen) atoms. The molecular weight excluding hydrogens is 238 g/mol. The van der Waals surface area contributed by atoms with Gasteiger partial charge in [0.15, 0.2) is 11.5 Å². The molecule has 0 amide bonds. The number of rotatable bonds is 3. The Morgan fingerprint density at radius 2 is 2.00 bits per heavy atom. The van der Waals surface area contributed by atoms with Gasteiger partial charge < -0.3 is 14.8 Å². The summed E-state index contributed by atoms with van der Waals surface area (Å²) in [4.78, 5) is 0. The van der Waals surface area contributed by atoms with Crippen molar-refractivity contribution in [3.05, 3.63) is 23.3 Å². The van der Waals surface area contributed by atoms with Crippen LogP contribution in [0.25, 0.3) is 0 Å². The molecule has 0 radical (unpaired) electrons. The largest absolute Gasteiger partial charge is 0.486 e. The zero-order valence-corrected chi connectivity index (χ0v) is 11.7. The quantitative estimate of drug-likeness (QED) is 0.907. The van der Waals surface area contributed by atoms with Gasteiger partial charge >= 0.3 is 0 Å². The van der Waals surface area contributed by atoms with Gasteiger partial charge in [-0.3, -0.25) is 0 Å². The number of aryl methyl sites for hydroxylation is 2. The summed E-state index contributed by atoms with van der Waals surface area (Å²) in [7, 11) is 0. The van der Waals surface area contributed by atoms with Crippen molar-refractivity contribution < 1.29 is 9.47 Å². The van der Waals surface area contributed by atoms with Crippen LogP contribution >= 0.6 is 0 Å². The fraction of sp³-hybridized carbons (Fsp3) is 0.625. The van der Waals surface area contributed by atoms with Crippen LogP contribution in [0.5, 0.6) is 11.5 Å². The summed E-state index contributed by atoms with van der Waals surface area (Å²) >= 11 is 0. The molecule has 1 aromatic carbocycles. The maximum absolute atomic E-state index is 5.67. The lowest BCUT2D eigenvalue weighted by molar-refractivity contribution is 0.171. The van der Waals surface area contributed by atoms with Crippen LogP contribution in [0.15, 0.2) is 12.1 Å². The van der Waals surface area contributed by atoms with E-state index in [9.17, 15) is 0 Å². The molecule has 1 unspecified atom stereocenters. The van der Waals surface area contributed by atoms with Crippen molar-refractivity contribution in [3.63, 3.8) is 0 Å². The SMILES string of the molecule is Cc1cc2c(cc1CCC1CCCNC1)OCCO2. The molecule has 0 bridgehead atoms. The van der Waals surface area contributed by atoms with Crippen LogP contribution in [0, 0.1) is 12.8 Å². The highest BCUT2D eigenvalue weighted by Crippen LogP contribution is 2.33. The number of ether oxygens (including phenoxy) is 2. The van der Waals surface area contributed by atoms with Gasteiger partial charge in [-0.1, -0.05) is 0 Å². The number of benzene rings is 1. The first-order valence-corrected chi connectivity index (χ1v) is 7.43. The zero-order chi connectivity index (χ0) is 13.1. The Hall–Kier alpha value is -1.22. The number of hydrogen-bond donors (Lipinski definition) is 1. The first-order chi connectivity index (χ1) is 9.33. The molecule has 0 aromatic heterocycles. The van der Waals surface area contributed by atoms with Crippen LogP contribution in [-0.4, -0.2) is 26.3 Å². The zero-order valence-electron chi connectivity index (χ0n) is 11.7. The standard InChI is InChI=1S/C16H23NO2/c1-12-9-15-16(19-8-7-18-15)10-14(12)5-4-13-3-2-6-17-11-13/h9-10,13,17H,2-8,11H2,1H3. The van der Waals surface area contributed by atoms with Gasteiger partial charge in [-0.15, -0.1) is 0 Å². The number of piperidine rings is 1. The first-order valence-electron chi connectivity index (χ1n) is 7.43. The molecule has 104 valence electrons. The third kappa shape index (κ3) is 3.03. The summed E-state index contributed by atoms with van der Waals surface area (Å²) < 4.78 is 11.3. The summed E-state index contributed by atoms with van der Waals surface area (Å²) in [5.41, 5.74) is 2.74. The lowest BCUT2D eigenvalue weighted by Crippen LogP contribution is -2.30. The normalized spacial score (nSPS) is 22.3. The third-order valence-electron chi connectivity index (χ3n) is 4.22. The molecule has 0 saturated carbocycles. The van der Waals surface area contributed by atoms with E-state index in [4.69, 9.17) is 9.47 Å². The van der Waals surface area contributed by atoms with Gasteiger partial charge in [0.25, 0.3) is 0 Å². The molecule has 3 nitrogen and oxygen atoms in total. The second-order valence-electron chi connectivity index (χ2n) is 5.67. The van der Waals surface area contributed by atoms with Gasteiger partial charge in [0.2, 0.25) is 0 Å². The van der Waals surface area contributed by atoms with Crippen molar-refractivity contribution in [1.82, 2.24) is 5.32 Å². The Morgan fingerprint density at radius 1 is 1.21 bits per heavy atom. The van der Waals surface area contributed by atoms with Crippen LogP contribution in [0.3, 0.4) is 0 Å². The minimum absolute atomic E-state index is 0.666. The van der Waals surface area contributed by atoms with Crippen LogP contribution in [-0.2, 0) is 6.42 Å². The molecule has 1 aromatic rings. The summed E-state index contributed by atoms with van der Waals surface area (Å²) in [6, 6.07) is 4.31. The van der Waals surface area contributed by atoms with Gasteiger partial charge in [-0.25, -0.2) is 0 Å². The predicted octanol–water partition coefficient (Wildman–Crippen LogP) is 2.70. The maximum atomic E-state index is 5.67. The van der Waals surface area contributed by atoms with E-state index >= 15 is 0 Å². The maximum Gasteiger partial charge on any atom is 0.161 e. The van der Waals surface area contributed by atoms with E-state index in [0.29, 0.717) is 13.2 Å². The van der Waals surface area contributed by atoms with Gasteiger partial charge in [0.05, 0.1) is 0 Å². The summed E-state index contributed by atoms with van der Waals surface area (Å²) in [6.45, 7) is 5.89. The molecule has 0 aliphatic carbocycles. The smallest absolute Gasteiger partial charge is 0.161 e. The van der Waals surface area contributed by atoms with E-state index in [2.05, 4.69) is 24.4 Å². The van der Waals surface area contributed by atoms with Crippen LogP contribution < -0.4 is 14.8 Å². The van der Waals surface area contributed by atoms with Crippen LogP contribution in [0.4, 0.5) is 0 Å². The number of hydrogen-bond acceptors (Lipinski definition) is 3. The van der Waals surface area contributed by atoms with Crippen molar-refractivity contribution in [3.8, 4) is 11.5 Å². The minimum Gasteiger partial charge on any atom is -0.486 e. The number of fused-ring (bicyclic) bond motifs is 1. The number of nitrogens with one attached hydrogen (secondary N) is 1. The summed E-state index contributed by atoms with van der Waals surface area (Å²) in [5.74, 6) is 2.67. The lowest BCUT2D eigenvalue weighted by Gasteiger charge is -2.24. The van der Waals surface area contributed by atoms with Crippen molar-refractivity contribution in [1.29, 1.82) is 0 Å². The van der Waals surface area contributed by atoms with Crippen LogP contribution in [0.1, 0.15) is 30.4 Å². The fourth-order valence-corrected chi connectivity index (χ4v) is 3.03. The van der Waals surface area contributed by atoms with E-state index in [-0.39, 0.29) is 0 Å². The van der Waals surface area contributed by atoms with Gasteiger partial charge in [0.1, 0.15) is 13.2 Å². The molecule has 2 aliphatic heterocycles. The molecule has 3 rings (SSSR count). The van der Waals surface area contributed by atoms with Crippen molar-refractivity contribution >= 4 is 0 Å². The minimum atomic E-state index is 0.666. The van der Waals surface area contributed by atoms with E-state index in [1.54, 1.807) is 0 Å².